The van der Waals surface area contributed by atoms with E-state index in [1.807, 2.05) is 0 Å². The van der Waals surface area contributed by atoms with Crippen LogP contribution in [-0.4, -0.2) is 29.1 Å². The molecule has 0 atom stereocenters. The van der Waals surface area contributed by atoms with Crippen LogP contribution in [0.4, 0.5) is 10.5 Å². The monoisotopic (exact) mass is 315 g/mol. The van der Waals surface area contributed by atoms with Gasteiger partial charge in [0, 0.05) is 23.6 Å². The van der Waals surface area contributed by atoms with Crippen molar-refractivity contribution in [3.05, 3.63) is 59.9 Å². The van der Waals surface area contributed by atoms with Crippen LogP contribution >= 0.6 is 12.2 Å². The number of thiocarbonyl (C=S) groups is 1. The van der Waals surface area contributed by atoms with Gasteiger partial charge in [0.1, 0.15) is 4.99 Å². The number of hydrogen-bond acceptors (Lipinski definition) is 5. The molecule has 0 saturated carbocycles. The van der Waals surface area contributed by atoms with Crippen LogP contribution in [0.25, 0.3) is 0 Å². The minimum Gasteiger partial charge on any atom is -0.465 e. The minimum absolute atomic E-state index is 0.275. The Bertz CT molecular complexity index is 687. The van der Waals surface area contributed by atoms with Crippen molar-refractivity contribution in [3.8, 4) is 0 Å². The topological polar surface area (TPSA) is 80.3 Å². The quantitative estimate of drug-likeness (QED) is 0.671. The molecule has 6 nitrogen and oxygen atoms in total. The highest BCUT2D eigenvalue weighted by Crippen LogP contribution is 2.10. The molecule has 0 fully saturated rings. The molecule has 112 valence electrons. The highest BCUT2D eigenvalue weighted by atomic mass is 32.1. The van der Waals surface area contributed by atoms with Gasteiger partial charge in [0.05, 0.1) is 12.7 Å². The second-order valence-electron chi connectivity index (χ2n) is 4.22. The SMILES string of the molecule is COC(=O)c1ccc(NC(=O)NC(=S)c2cccnc2)cc1. The van der Waals surface area contributed by atoms with E-state index in [1.165, 1.54) is 7.11 Å². The Morgan fingerprint density at radius 3 is 2.45 bits per heavy atom. The lowest BCUT2D eigenvalue weighted by Crippen LogP contribution is -2.33. The van der Waals surface area contributed by atoms with Gasteiger partial charge in [-0.05, 0) is 36.4 Å². The number of urea groups is 1. The fourth-order valence-corrected chi connectivity index (χ4v) is 1.86. The van der Waals surface area contributed by atoms with Crippen molar-refractivity contribution in [2.45, 2.75) is 0 Å². The van der Waals surface area contributed by atoms with Crippen LogP contribution in [0.1, 0.15) is 15.9 Å². The normalized spacial score (nSPS) is 9.68. The zero-order valence-corrected chi connectivity index (χ0v) is 12.5. The first-order chi connectivity index (χ1) is 10.6. The summed E-state index contributed by atoms with van der Waals surface area (Å²) in [5, 5.41) is 5.16. The second kappa shape index (κ2) is 7.28. The second-order valence-corrected chi connectivity index (χ2v) is 4.63. The zero-order valence-electron chi connectivity index (χ0n) is 11.7. The van der Waals surface area contributed by atoms with Crippen molar-refractivity contribution in [3.63, 3.8) is 0 Å². The first-order valence-electron chi connectivity index (χ1n) is 6.31. The summed E-state index contributed by atoms with van der Waals surface area (Å²) in [5.74, 6) is -0.436. The standard InChI is InChI=1S/C15H13N3O3S/c1-21-14(19)10-4-6-12(7-5-10)17-15(20)18-13(22)11-3-2-8-16-9-11/h2-9H,1H3,(H2,17,18,20,22). The van der Waals surface area contributed by atoms with E-state index in [1.54, 1.807) is 48.8 Å². The average molecular weight is 315 g/mol. The lowest BCUT2D eigenvalue weighted by Gasteiger charge is -2.09. The molecule has 0 aliphatic heterocycles. The molecule has 0 spiro atoms. The molecule has 0 radical (unpaired) electrons. The molecule has 1 heterocycles. The van der Waals surface area contributed by atoms with Crippen LogP contribution in [0.5, 0.6) is 0 Å². The molecule has 0 aliphatic carbocycles. The van der Waals surface area contributed by atoms with Crippen LogP contribution in [0, 0.1) is 0 Å². The zero-order chi connectivity index (χ0) is 15.9. The van der Waals surface area contributed by atoms with Gasteiger partial charge in [0.25, 0.3) is 0 Å². The number of benzene rings is 1. The lowest BCUT2D eigenvalue weighted by molar-refractivity contribution is 0.0601. The summed E-state index contributed by atoms with van der Waals surface area (Å²) in [6, 6.07) is 9.31. The fraction of sp³-hybridized carbons (Fsp3) is 0.0667. The van der Waals surface area contributed by atoms with Gasteiger partial charge in [0.2, 0.25) is 0 Å². The molecular formula is C15H13N3O3S. The highest BCUT2D eigenvalue weighted by Gasteiger charge is 2.08. The van der Waals surface area contributed by atoms with Crippen LogP contribution in [0.3, 0.4) is 0 Å². The maximum atomic E-state index is 11.8. The summed E-state index contributed by atoms with van der Waals surface area (Å²) >= 11 is 5.11. The van der Waals surface area contributed by atoms with Crippen molar-refractivity contribution < 1.29 is 14.3 Å². The minimum atomic E-state index is -0.473. The van der Waals surface area contributed by atoms with Gasteiger partial charge in [-0.25, -0.2) is 9.59 Å². The number of nitrogens with one attached hydrogen (secondary N) is 2. The smallest absolute Gasteiger partial charge is 0.337 e. The van der Waals surface area contributed by atoms with Gasteiger partial charge in [-0.2, -0.15) is 0 Å². The van der Waals surface area contributed by atoms with E-state index >= 15 is 0 Å². The van der Waals surface area contributed by atoms with E-state index < -0.39 is 12.0 Å². The first-order valence-corrected chi connectivity index (χ1v) is 6.71. The number of anilines is 1. The number of aromatic nitrogens is 1. The third-order valence-corrected chi connectivity index (χ3v) is 3.05. The van der Waals surface area contributed by atoms with Gasteiger partial charge >= 0.3 is 12.0 Å². The molecule has 0 saturated heterocycles. The summed E-state index contributed by atoms with van der Waals surface area (Å²) in [7, 11) is 1.31. The molecule has 2 rings (SSSR count). The number of carbonyl (C=O) groups excluding carboxylic acids is 2. The Hall–Kier alpha value is -2.80. The Labute approximate surface area is 132 Å². The third kappa shape index (κ3) is 4.10. The number of amides is 2. The van der Waals surface area contributed by atoms with Crippen LogP contribution in [0.15, 0.2) is 48.8 Å². The fourth-order valence-electron chi connectivity index (χ4n) is 1.64. The number of rotatable bonds is 3. The van der Waals surface area contributed by atoms with Gasteiger partial charge < -0.3 is 10.1 Å². The molecule has 0 bridgehead atoms. The van der Waals surface area contributed by atoms with E-state index in [0.717, 1.165) is 0 Å². The van der Waals surface area contributed by atoms with Crippen LogP contribution in [-0.2, 0) is 4.74 Å². The molecule has 1 aromatic heterocycles. The summed E-state index contributed by atoms with van der Waals surface area (Å²) in [5.41, 5.74) is 1.58. The molecule has 2 aromatic rings. The Morgan fingerprint density at radius 2 is 1.86 bits per heavy atom. The van der Waals surface area contributed by atoms with Crippen LogP contribution < -0.4 is 10.6 Å². The Kier molecular flexibility index (Phi) is 5.16. The van der Waals surface area contributed by atoms with E-state index in [4.69, 9.17) is 12.2 Å². The van der Waals surface area contributed by atoms with Gasteiger partial charge in [-0.1, -0.05) is 12.2 Å². The predicted octanol–water partition coefficient (Wildman–Crippen LogP) is 2.37. The number of pyridine rings is 1. The molecule has 7 heteroatoms. The third-order valence-electron chi connectivity index (χ3n) is 2.71. The van der Waals surface area contributed by atoms with Gasteiger partial charge in [-0.15, -0.1) is 0 Å². The van der Waals surface area contributed by atoms with Gasteiger partial charge in [0.15, 0.2) is 0 Å². The maximum absolute atomic E-state index is 11.8. The van der Waals surface area contributed by atoms with Crippen molar-refractivity contribution in [2.75, 3.05) is 12.4 Å². The lowest BCUT2D eigenvalue weighted by atomic mass is 10.2. The molecule has 0 unspecified atom stereocenters. The van der Waals surface area contributed by atoms with E-state index in [9.17, 15) is 9.59 Å². The predicted molar refractivity (Wildman–Crippen MR) is 85.9 cm³/mol. The molecule has 2 N–H and O–H groups in total. The number of methoxy groups -OCH3 is 1. The number of ether oxygens (including phenoxy) is 1. The van der Waals surface area contributed by atoms with Crippen molar-refractivity contribution in [2.24, 2.45) is 0 Å². The average Bonchev–Trinajstić information content (AvgIpc) is 2.55. The van der Waals surface area contributed by atoms with Gasteiger partial charge in [-0.3, -0.25) is 10.3 Å². The van der Waals surface area contributed by atoms with Crippen molar-refractivity contribution in [1.82, 2.24) is 10.3 Å². The molecule has 0 aliphatic rings. The van der Waals surface area contributed by atoms with E-state index in [0.29, 0.717) is 16.8 Å². The summed E-state index contributed by atoms with van der Waals surface area (Å²) in [6.45, 7) is 0. The maximum Gasteiger partial charge on any atom is 0.337 e. The van der Waals surface area contributed by atoms with Crippen LogP contribution in [0.2, 0.25) is 0 Å². The molecule has 2 amide bonds. The first kappa shape index (κ1) is 15.6. The number of nitrogens with zero attached hydrogens (tertiary/aromatic N) is 1. The van der Waals surface area contributed by atoms with E-state index in [-0.39, 0.29) is 4.99 Å². The Morgan fingerprint density at radius 1 is 1.14 bits per heavy atom. The number of esters is 1. The summed E-state index contributed by atoms with van der Waals surface area (Å²) in [6.07, 6.45) is 3.18. The summed E-state index contributed by atoms with van der Waals surface area (Å²) < 4.78 is 4.60. The highest BCUT2D eigenvalue weighted by molar-refractivity contribution is 7.80. The van der Waals surface area contributed by atoms with Crippen molar-refractivity contribution in [1.29, 1.82) is 0 Å². The number of carbonyl (C=O) groups is 2. The van der Waals surface area contributed by atoms with Crippen molar-refractivity contribution >= 4 is 34.9 Å². The molecule has 22 heavy (non-hydrogen) atoms. The van der Waals surface area contributed by atoms with E-state index in [2.05, 4.69) is 20.4 Å². The largest absolute Gasteiger partial charge is 0.465 e. The number of hydrogen-bond donors (Lipinski definition) is 2. The summed E-state index contributed by atoms with van der Waals surface area (Å²) in [4.78, 5) is 27.4. The molecular weight excluding hydrogens is 302 g/mol. The Balaban J connectivity index is 1.95. The molecule has 1 aromatic carbocycles.